The molecule has 0 aromatic heterocycles. The minimum Gasteiger partial charge on any atom is -0.318 e. The largest absolute Gasteiger partial charge is 0.334 e. The molecule has 0 unspecified atom stereocenters. The average Bonchev–Trinajstić information content (AvgIpc) is 3.28. The van der Waals surface area contributed by atoms with Crippen LogP contribution in [0.2, 0.25) is 0 Å². The SMILES string of the molecule is CCC(=O)ON=c1c(-c2ccccc2)c1-c1ccccc1. The lowest BCUT2D eigenvalue weighted by molar-refractivity contribution is -0.143. The Balaban J connectivity index is 2.02. The molecule has 0 fully saturated rings. The zero-order valence-electron chi connectivity index (χ0n) is 11.7. The van der Waals surface area contributed by atoms with Gasteiger partial charge in [-0.25, -0.2) is 4.79 Å². The Labute approximate surface area is 123 Å². The van der Waals surface area contributed by atoms with E-state index in [4.69, 9.17) is 4.84 Å². The second kappa shape index (κ2) is 5.75. The van der Waals surface area contributed by atoms with Crippen molar-refractivity contribution in [1.82, 2.24) is 0 Å². The van der Waals surface area contributed by atoms with E-state index >= 15 is 0 Å². The van der Waals surface area contributed by atoms with Gasteiger partial charge >= 0.3 is 5.97 Å². The summed E-state index contributed by atoms with van der Waals surface area (Å²) in [4.78, 5) is 16.2. The first kappa shape index (κ1) is 13.3. The molecule has 0 saturated heterocycles. The minimum atomic E-state index is -0.325. The monoisotopic (exact) mass is 277 g/mol. The fourth-order valence-electron chi connectivity index (χ4n) is 2.20. The van der Waals surface area contributed by atoms with Gasteiger partial charge in [-0.1, -0.05) is 72.7 Å². The molecule has 0 aliphatic carbocycles. The van der Waals surface area contributed by atoms with Crippen LogP contribution in [-0.2, 0) is 9.63 Å². The Morgan fingerprint density at radius 1 is 0.905 bits per heavy atom. The van der Waals surface area contributed by atoms with Crippen molar-refractivity contribution in [3.63, 3.8) is 0 Å². The summed E-state index contributed by atoms with van der Waals surface area (Å²) in [5, 5.41) is 4.77. The van der Waals surface area contributed by atoms with Crippen molar-refractivity contribution in [3.8, 4) is 22.3 Å². The molecule has 3 heteroatoms. The summed E-state index contributed by atoms with van der Waals surface area (Å²) in [6.45, 7) is 1.75. The first-order valence-electron chi connectivity index (χ1n) is 6.95. The van der Waals surface area contributed by atoms with Crippen molar-refractivity contribution in [1.29, 1.82) is 0 Å². The van der Waals surface area contributed by atoms with Gasteiger partial charge in [0.25, 0.3) is 0 Å². The van der Waals surface area contributed by atoms with E-state index in [1.807, 2.05) is 60.7 Å². The zero-order valence-corrected chi connectivity index (χ0v) is 11.7. The van der Waals surface area contributed by atoms with E-state index in [1.54, 1.807) is 6.92 Å². The Kier molecular flexibility index (Phi) is 3.65. The summed E-state index contributed by atoms with van der Waals surface area (Å²) in [5.41, 5.74) is 4.27. The highest BCUT2D eigenvalue weighted by atomic mass is 16.7. The van der Waals surface area contributed by atoms with Crippen molar-refractivity contribution in [2.24, 2.45) is 5.16 Å². The van der Waals surface area contributed by atoms with Crippen molar-refractivity contribution in [3.05, 3.63) is 66.0 Å². The average molecular weight is 277 g/mol. The molecule has 3 aromatic rings. The lowest BCUT2D eigenvalue weighted by Crippen LogP contribution is -1.99. The maximum absolute atomic E-state index is 11.3. The maximum atomic E-state index is 11.3. The van der Waals surface area contributed by atoms with E-state index in [1.165, 1.54) is 0 Å². The van der Waals surface area contributed by atoms with Gasteiger partial charge < -0.3 is 4.84 Å². The highest BCUT2D eigenvalue weighted by Gasteiger charge is 2.23. The normalized spacial score (nSPS) is 10.5. The Hall–Kier alpha value is -2.68. The predicted octanol–water partition coefficient (Wildman–Crippen LogP) is 3.67. The Morgan fingerprint density at radius 2 is 1.38 bits per heavy atom. The van der Waals surface area contributed by atoms with E-state index < -0.39 is 0 Å². The summed E-state index contributed by atoms with van der Waals surface area (Å²) in [7, 11) is 0. The fraction of sp³-hybridized carbons (Fsp3) is 0.111. The van der Waals surface area contributed by atoms with E-state index in [0.717, 1.165) is 27.6 Å². The standard InChI is InChI=1S/C18H15NO2/c1-2-15(20)21-19-18-16(13-9-5-3-6-10-13)17(18)14-11-7-4-8-12-14/h3-12H,2H2,1H3. The third kappa shape index (κ3) is 2.77. The van der Waals surface area contributed by atoms with Gasteiger partial charge in [-0.15, -0.1) is 0 Å². The van der Waals surface area contributed by atoms with Gasteiger partial charge in [0, 0.05) is 17.5 Å². The number of hydrogen-bond donors (Lipinski definition) is 0. The summed E-state index contributed by atoms with van der Waals surface area (Å²) in [6.07, 6.45) is 0.318. The quantitative estimate of drug-likeness (QED) is 0.539. The van der Waals surface area contributed by atoms with Crippen LogP contribution in [0.25, 0.3) is 22.3 Å². The summed E-state index contributed by atoms with van der Waals surface area (Å²) < 4.78 is 0. The minimum absolute atomic E-state index is 0.318. The number of carbonyl (C=O) groups is 1. The van der Waals surface area contributed by atoms with Crippen molar-refractivity contribution in [2.45, 2.75) is 13.3 Å². The van der Waals surface area contributed by atoms with Crippen LogP contribution in [0.1, 0.15) is 13.3 Å². The molecule has 0 bridgehead atoms. The molecule has 21 heavy (non-hydrogen) atoms. The summed E-state index contributed by atoms with van der Waals surface area (Å²) >= 11 is 0. The first-order chi connectivity index (χ1) is 10.3. The van der Waals surface area contributed by atoms with Crippen LogP contribution >= 0.6 is 0 Å². The van der Waals surface area contributed by atoms with Crippen LogP contribution in [0, 0.1) is 0 Å². The number of nitrogens with zero attached hydrogens (tertiary/aromatic N) is 1. The predicted molar refractivity (Wildman–Crippen MR) is 81.6 cm³/mol. The number of benzene rings is 2. The molecule has 0 amide bonds. The molecule has 104 valence electrons. The molecule has 0 radical (unpaired) electrons. The highest BCUT2D eigenvalue weighted by molar-refractivity contribution is 5.93. The van der Waals surface area contributed by atoms with E-state index in [2.05, 4.69) is 5.16 Å². The van der Waals surface area contributed by atoms with Gasteiger partial charge in [0.1, 0.15) is 5.36 Å². The van der Waals surface area contributed by atoms with Crippen LogP contribution in [0.3, 0.4) is 0 Å². The molecule has 0 heterocycles. The van der Waals surface area contributed by atoms with Crippen LogP contribution < -0.4 is 5.36 Å². The molecular weight excluding hydrogens is 262 g/mol. The molecule has 0 aliphatic rings. The summed E-state index contributed by atoms with van der Waals surface area (Å²) in [5.74, 6) is -0.325. The molecule has 0 atom stereocenters. The van der Waals surface area contributed by atoms with Crippen LogP contribution in [0.5, 0.6) is 0 Å². The molecule has 0 spiro atoms. The van der Waals surface area contributed by atoms with Crippen molar-refractivity contribution in [2.75, 3.05) is 0 Å². The molecule has 3 rings (SSSR count). The van der Waals surface area contributed by atoms with Crippen LogP contribution in [0.15, 0.2) is 65.8 Å². The smallest absolute Gasteiger partial charge is 0.318 e. The second-order valence-corrected chi connectivity index (χ2v) is 4.74. The van der Waals surface area contributed by atoms with Gasteiger partial charge in [-0.3, -0.25) is 0 Å². The highest BCUT2D eigenvalue weighted by Crippen LogP contribution is 2.34. The number of rotatable bonds is 4. The van der Waals surface area contributed by atoms with Crippen LogP contribution in [0.4, 0.5) is 0 Å². The first-order valence-corrected chi connectivity index (χ1v) is 6.95. The fourth-order valence-corrected chi connectivity index (χ4v) is 2.20. The summed E-state index contributed by atoms with van der Waals surface area (Å²) in [6, 6.07) is 20.0. The zero-order chi connectivity index (χ0) is 14.7. The molecule has 3 nitrogen and oxygen atoms in total. The second-order valence-electron chi connectivity index (χ2n) is 4.74. The Bertz CT molecular complexity index is 711. The third-order valence-corrected chi connectivity index (χ3v) is 3.31. The van der Waals surface area contributed by atoms with Gasteiger partial charge in [0.05, 0.1) is 0 Å². The van der Waals surface area contributed by atoms with Crippen LogP contribution in [-0.4, -0.2) is 5.97 Å². The lowest BCUT2D eigenvalue weighted by atomic mass is 10.1. The van der Waals surface area contributed by atoms with Gasteiger partial charge in [0.15, 0.2) is 0 Å². The van der Waals surface area contributed by atoms with Gasteiger partial charge in [-0.2, -0.15) is 0 Å². The maximum Gasteiger partial charge on any atom is 0.334 e. The number of carbonyl (C=O) groups excluding carboxylic acids is 1. The van der Waals surface area contributed by atoms with E-state index in [9.17, 15) is 4.79 Å². The topological polar surface area (TPSA) is 38.7 Å². The number of hydrogen-bond acceptors (Lipinski definition) is 3. The van der Waals surface area contributed by atoms with E-state index in [0.29, 0.717) is 6.42 Å². The van der Waals surface area contributed by atoms with Crippen molar-refractivity contribution >= 4 is 5.97 Å². The van der Waals surface area contributed by atoms with Crippen molar-refractivity contribution < 1.29 is 9.63 Å². The molecular formula is C18H15NO2. The third-order valence-electron chi connectivity index (χ3n) is 3.31. The lowest BCUT2D eigenvalue weighted by Gasteiger charge is -1.93. The van der Waals surface area contributed by atoms with E-state index in [-0.39, 0.29) is 5.97 Å². The molecule has 0 N–H and O–H groups in total. The molecule has 0 aliphatic heterocycles. The van der Waals surface area contributed by atoms with Gasteiger partial charge in [0.2, 0.25) is 0 Å². The van der Waals surface area contributed by atoms with Gasteiger partial charge in [-0.05, 0) is 11.1 Å². The Morgan fingerprint density at radius 3 is 1.81 bits per heavy atom. The molecule has 3 aromatic carbocycles. The molecule has 0 saturated carbocycles.